The summed E-state index contributed by atoms with van der Waals surface area (Å²) in [6, 6.07) is -0.0927. The lowest BCUT2D eigenvalue weighted by molar-refractivity contribution is -0.0259. The van der Waals surface area contributed by atoms with Gasteiger partial charge in [0, 0.05) is 25.3 Å². The maximum absolute atomic E-state index is 12.2. The number of nitrogens with two attached hydrogens (primary N) is 2. The molecule has 1 rings (SSSR count). The molecule has 136 valence electrons. The second kappa shape index (κ2) is 10.7. The Morgan fingerprint density at radius 2 is 2.26 bits per heavy atom. The quantitative estimate of drug-likeness (QED) is 0.237. The van der Waals surface area contributed by atoms with Gasteiger partial charge in [0.2, 0.25) is 0 Å². The van der Waals surface area contributed by atoms with Gasteiger partial charge in [-0.15, -0.1) is 9.24 Å². The summed E-state index contributed by atoms with van der Waals surface area (Å²) in [6.07, 6.45) is -0.496. The Balaban J connectivity index is 2.49. The van der Waals surface area contributed by atoms with Crippen LogP contribution in [0.5, 0.6) is 0 Å². The highest BCUT2D eigenvalue weighted by molar-refractivity contribution is 8.54. The van der Waals surface area contributed by atoms with Crippen LogP contribution in [0.3, 0.4) is 0 Å². The molecule has 13 heteroatoms. The monoisotopic (exact) mass is 390 g/mol. The van der Waals surface area contributed by atoms with Gasteiger partial charge in [-0.25, -0.2) is 16.4 Å². The van der Waals surface area contributed by atoms with Gasteiger partial charge in [-0.05, 0) is 17.8 Å². The van der Waals surface area contributed by atoms with Crippen molar-refractivity contribution in [2.24, 2.45) is 11.8 Å². The van der Waals surface area contributed by atoms with E-state index in [0.717, 1.165) is 11.4 Å². The SMILES string of the molecule is BC1CC(OP(=O)(O)SC[C@@H](CC(P)OC)ON)C(CON)O1. The minimum Gasteiger partial charge on any atom is -0.379 e. The first kappa shape index (κ1) is 21.8. The fourth-order valence-corrected chi connectivity index (χ4v) is 5.25. The first-order valence-corrected chi connectivity index (χ1v) is 10.9. The van der Waals surface area contributed by atoms with Gasteiger partial charge in [0.05, 0.1) is 24.7 Å². The maximum atomic E-state index is 12.2. The lowest BCUT2D eigenvalue weighted by Gasteiger charge is -2.22. The van der Waals surface area contributed by atoms with Crippen molar-refractivity contribution < 1.29 is 33.1 Å². The van der Waals surface area contributed by atoms with Gasteiger partial charge in [-0.2, -0.15) is 0 Å². The third-order valence-corrected chi connectivity index (χ3v) is 6.94. The van der Waals surface area contributed by atoms with E-state index in [9.17, 15) is 9.46 Å². The lowest BCUT2D eigenvalue weighted by atomic mass is 9.96. The average Bonchev–Trinajstić information content (AvgIpc) is 2.82. The van der Waals surface area contributed by atoms with Crippen LogP contribution in [0.2, 0.25) is 0 Å². The summed E-state index contributed by atoms with van der Waals surface area (Å²) < 4.78 is 28.2. The van der Waals surface area contributed by atoms with E-state index in [1.807, 2.05) is 7.85 Å². The molecule has 1 aliphatic heterocycles. The van der Waals surface area contributed by atoms with Gasteiger partial charge in [0.25, 0.3) is 0 Å². The van der Waals surface area contributed by atoms with Crippen LogP contribution in [0.4, 0.5) is 0 Å². The predicted molar refractivity (Wildman–Crippen MR) is 93.3 cm³/mol. The zero-order chi connectivity index (χ0) is 17.5. The molecule has 7 atom stereocenters. The normalized spacial score (nSPS) is 30.0. The molecule has 0 aromatic heterocycles. The summed E-state index contributed by atoms with van der Waals surface area (Å²) in [5, 5.41) is 0. The van der Waals surface area contributed by atoms with Crippen molar-refractivity contribution in [3.63, 3.8) is 0 Å². The zero-order valence-corrected chi connectivity index (χ0v) is 16.1. The summed E-state index contributed by atoms with van der Waals surface area (Å²) in [6.45, 7) is -3.80. The topological polar surface area (TPSA) is 135 Å². The molecule has 5 N–H and O–H groups in total. The minimum absolute atomic E-state index is 0.0927. The van der Waals surface area contributed by atoms with Crippen LogP contribution in [0.1, 0.15) is 12.8 Å². The molecule has 1 aliphatic rings. The first-order chi connectivity index (χ1) is 10.8. The first-order valence-electron chi connectivity index (χ1n) is 7.08. The third-order valence-electron chi connectivity index (χ3n) is 3.33. The van der Waals surface area contributed by atoms with Crippen LogP contribution in [-0.2, 0) is 28.2 Å². The van der Waals surface area contributed by atoms with Crippen LogP contribution in [-0.4, -0.2) is 62.4 Å². The molecule has 23 heavy (non-hydrogen) atoms. The fourth-order valence-electron chi connectivity index (χ4n) is 2.17. The summed E-state index contributed by atoms with van der Waals surface area (Å²) in [4.78, 5) is 19.4. The molecule has 1 heterocycles. The Morgan fingerprint density at radius 3 is 2.83 bits per heavy atom. The van der Waals surface area contributed by atoms with Crippen LogP contribution in [0.15, 0.2) is 0 Å². The van der Waals surface area contributed by atoms with E-state index in [4.69, 9.17) is 30.6 Å². The van der Waals surface area contributed by atoms with Crippen LogP contribution in [0.25, 0.3) is 0 Å². The van der Waals surface area contributed by atoms with Crippen molar-refractivity contribution in [2.45, 2.75) is 43.0 Å². The van der Waals surface area contributed by atoms with Crippen LogP contribution < -0.4 is 11.8 Å². The molecule has 1 fully saturated rings. The Labute approximate surface area is 143 Å². The van der Waals surface area contributed by atoms with E-state index < -0.39 is 25.1 Å². The molecular weight excluding hydrogens is 365 g/mol. The number of rotatable bonds is 11. The molecular formula is C10H25BN2O7P2S. The Hall–Kier alpha value is 0.755. The molecule has 0 amide bonds. The molecule has 0 bridgehead atoms. The second-order valence-corrected chi connectivity index (χ2v) is 9.87. The van der Waals surface area contributed by atoms with Gasteiger partial charge >= 0.3 is 6.80 Å². The van der Waals surface area contributed by atoms with Crippen molar-refractivity contribution >= 4 is 35.3 Å². The van der Waals surface area contributed by atoms with E-state index in [1.165, 1.54) is 0 Å². The van der Waals surface area contributed by atoms with Crippen LogP contribution in [0, 0.1) is 0 Å². The van der Waals surface area contributed by atoms with Crippen molar-refractivity contribution in [3.05, 3.63) is 0 Å². The molecule has 9 nitrogen and oxygen atoms in total. The Kier molecular flexibility index (Phi) is 10.1. The van der Waals surface area contributed by atoms with Gasteiger partial charge < -0.3 is 24.0 Å². The van der Waals surface area contributed by atoms with Gasteiger partial charge in [-0.3, -0.25) is 4.52 Å². The second-order valence-electron chi connectivity index (χ2n) is 5.23. The maximum Gasteiger partial charge on any atom is 0.387 e. The molecule has 0 spiro atoms. The van der Waals surface area contributed by atoms with Gasteiger partial charge in [0.15, 0.2) is 0 Å². The van der Waals surface area contributed by atoms with E-state index in [1.54, 1.807) is 7.11 Å². The zero-order valence-electron chi connectivity index (χ0n) is 13.2. The average molecular weight is 390 g/mol. The molecule has 1 saturated heterocycles. The molecule has 0 aromatic carbocycles. The number of ether oxygens (including phenoxy) is 2. The highest BCUT2D eigenvalue weighted by Crippen LogP contribution is 2.58. The Bertz CT molecular complexity index is 400. The third kappa shape index (κ3) is 8.11. The summed E-state index contributed by atoms with van der Waals surface area (Å²) in [7, 11) is 5.89. The largest absolute Gasteiger partial charge is 0.387 e. The summed E-state index contributed by atoms with van der Waals surface area (Å²) in [5.41, 5.74) is 0. The lowest BCUT2D eigenvalue weighted by Crippen LogP contribution is -2.30. The van der Waals surface area contributed by atoms with Gasteiger partial charge in [0.1, 0.15) is 14.0 Å². The standard InChI is InChI=1S/C10H25BN2O7P2S/c1-16-10(21)2-6(19-13)5-23-22(14,15)20-7-3-9(11)18-8(7)4-17-12/h6-10H,2-5,11-13,21H2,1H3,(H,14,15)/t6-,7?,8?,9?,10?/m1/s1. The van der Waals surface area contributed by atoms with Crippen LogP contribution >= 0.6 is 27.4 Å². The highest BCUT2D eigenvalue weighted by Gasteiger charge is 2.39. The summed E-state index contributed by atoms with van der Waals surface area (Å²) in [5.74, 6) is 10.3. The number of hydrogen-bond donors (Lipinski definition) is 3. The minimum atomic E-state index is -3.89. The van der Waals surface area contributed by atoms with E-state index in [-0.39, 0.29) is 24.2 Å². The van der Waals surface area contributed by atoms with Crippen molar-refractivity contribution in [2.75, 3.05) is 19.5 Å². The Morgan fingerprint density at radius 1 is 1.57 bits per heavy atom. The van der Waals surface area contributed by atoms with Crippen molar-refractivity contribution in [3.8, 4) is 0 Å². The molecule has 0 aliphatic carbocycles. The molecule has 0 saturated carbocycles. The van der Waals surface area contributed by atoms with Gasteiger partial charge in [-0.1, -0.05) is 0 Å². The highest BCUT2D eigenvalue weighted by atomic mass is 32.7. The fraction of sp³-hybridized carbons (Fsp3) is 1.00. The predicted octanol–water partition coefficient (Wildman–Crippen LogP) is -0.660. The molecule has 0 aromatic rings. The van der Waals surface area contributed by atoms with E-state index in [0.29, 0.717) is 12.8 Å². The van der Waals surface area contributed by atoms with E-state index >= 15 is 0 Å². The number of methoxy groups -OCH3 is 1. The summed E-state index contributed by atoms with van der Waals surface area (Å²) >= 11 is 0.764. The molecule has 6 unspecified atom stereocenters. The van der Waals surface area contributed by atoms with Crippen molar-refractivity contribution in [1.29, 1.82) is 0 Å². The smallest absolute Gasteiger partial charge is 0.379 e. The number of hydrogen-bond acceptors (Lipinski definition) is 9. The van der Waals surface area contributed by atoms with Crippen molar-refractivity contribution in [1.82, 2.24) is 0 Å². The van der Waals surface area contributed by atoms with E-state index in [2.05, 4.69) is 14.1 Å². The molecule has 0 radical (unpaired) electrons.